The number of carbonyl (C=O) groups excluding carboxylic acids is 1. The van der Waals surface area contributed by atoms with Gasteiger partial charge in [0.2, 0.25) is 0 Å². The maximum absolute atomic E-state index is 12.9. The predicted molar refractivity (Wildman–Crippen MR) is 59.3 cm³/mol. The summed E-state index contributed by atoms with van der Waals surface area (Å²) in [5.41, 5.74) is -0.212. The Bertz CT molecular complexity index is 383. The maximum Gasteiger partial charge on any atom is 0.338 e. The van der Waals surface area contributed by atoms with Gasteiger partial charge in [0.1, 0.15) is 11.4 Å². The van der Waals surface area contributed by atoms with E-state index < -0.39 is 17.4 Å². The molecule has 0 saturated heterocycles. The van der Waals surface area contributed by atoms with Gasteiger partial charge in [-0.2, -0.15) is 0 Å². The van der Waals surface area contributed by atoms with Crippen molar-refractivity contribution in [2.24, 2.45) is 0 Å². The smallest absolute Gasteiger partial charge is 0.338 e. The lowest BCUT2D eigenvalue weighted by Crippen LogP contribution is -2.23. The number of hydrogen-bond acceptors (Lipinski definition) is 2. The summed E-state index contributed by atoms with van der Waals surface area (Å²) in [5.74, 6) is -0.856. The van der Waals surface area contributed by atoms with Gasteiger partial charge in [-0.25, -0.2) is 9.18 Å². The van der Waals surface area contributed by atoms with Crippen LogP contribution in [0.5, 0.6) is 0 Å². The lowest BCUT2D eigenvalue weighted by Gasteiger charge is -2.19. The summed E-state index contributed by atoms with van der Waals surface area (Å²) < 4.78 is 18.3. The summed E-state index contributed by atoms with van der Waals surface area (Å²) in [7, 11) is 0. The molecule has 2 nitrogen and oxygen atoms in total. The van der Waals surface area contributed by atoms with E-state index in [1.165, 1.54) is 18.2 Å². The van der Waals surface area contributed by atoms with E-state index in [1.54, 1.807) is 20.8 Å². The van der Waals surface area contributed by atoms with Gasteiger partial charge < -0.3 is 4.74 Å². The monoisotopic (exact) mass is 274 g/mol. The summed E-state index contributed by atoms with van der Waals surface area (Å²) in [6, 6.07) is 4.03. The van der Waals surface area contributed by atoms with Crippen LogP contribution in [-0.2, 0) is 4.74 Å². The SMILES string of the molecule is CC(C)(C)OC(=O)c1ccc(F)c(Br)c1. The Morgan fingerprint density at radius 2 is 2.00 bits per heavy atom. The average molecular weight is 275 g/mol. The number of carbonyl (C=O) groups is 1. The molecule has 1 aromatic carbocycles. The van der Waals surface area contributed by atoms with Crippen molar-refractivity contribution >= 4 is 21.9 Å². The van der Waals surface area contributed by atoms with Gasteiger partial charge in [-0.15, -0.1) is 0 Å². The fourth-order valence-corrected chi connectivity index (χ4v) is 1.34. The van der Waals surface area contributed by atoms with Crippen LogP contribution in [0.1, 0.15) is 31.1 Å². The molecule has 0 amide bonds. The molecule has 0 saturated carbocycles. The molecule has 82 valence electrons. The molecule has 0 aromatic heterocycles. The van der Waals surface area contributed by atoms with Crippen LogP contribution in [0.4, 0.5) is 4.39 Å². The highest BCUT2D eigenvalue weighted by molar-refractivity contribution is 9.10. The number of hydrogen-bond donors (Lipinski definition) is 0. The fourth-order valence-electron chi connectivity index (χ4n) is 0.960. The topological polar surface area (TPSA) is 26.3 Å². The van der Waals surface area contributed by atoms with Gasteiger partial charge in [0.25, 0.3) is 0 Å². The van der Waals surface area contributed by atoms with Crippen LogP contribution in [0, 0.1) is 5.82 Å². The number of esters is 1. The fraction of sp³-hybridized carbons (Fsp3) is 0.364. The van der Waals surface area contributed by atoms with E-state index >= 15 is 0 Å². The van der Waals surface area contributed by atoms with Crippen LogP contribution in [0.15, 0.2) is 22.7 Å². The quantitative estimate of drug-likeness (QED) is 0.733. The third-order valence-corrected chi connectivity index (χ3v) is 2.16. The van der Waals surface area contributed by atoms with Crippen molar-refractivity contribution in [3.05, 3.63) is 34.1 Å². The normalized spacial score (nSPS) is 11.3. The van der Waals surface area contributed by atoms with E-state index in [0.29, 0.717) is 5.56 Å². The molecule has 4 heteroatoms. The highest BCUT2D eigenvalue weighted by Gasteiger charge is 2.18. The van der Waals surface area contributed by atoms with E-state index in [9.17, 15) is 9.18 Å². The number of ether oxygens (including phenoxy) is 1. The second kappa shape index (κ2) is 4.31. The third kappa shape index (κ3) is 3.63. The summed E-state index contributed by atoms with van der Waals surface area (Å²) >= 11 is 3.01. The van der Waals surface area contributed by atoms with E-state index in [0.717, 1.165) is 0 Å². The molecule has 0 spiro atoms. The predicted octanol–water partition coefficient (Wildman–Crippen LogP) is 3.54. The summed E-state index contributed by atoms with van der Waals surface area (Å²) in [4.78, 5) is 11.6. The minimum Gasteiger partial charge on any atom is -0.456 e. The molecule has 0 aliphatic heterocycles. The summed E-state index contributed by atoms with van der Waals surface area (Å²) in [5, 5.41) is 0. The van der Waals surface area contributed by atoms with Gasteiger partial charge in [-0.3, -0.25) is 0 Å². The zero-order valence-corrected chi connectivity index (χ0v) is 10.4. The molecule has 0 radical (unpaired) electrons. The lowest BCUT2D eigenvalue weighted by atomic mass is 10.1. The van der Waals surface area contributed by atoms with Gasteiger partial charge in [-0.1, -0.05) is 0 Å². The van der Waals surface area contributed by atoms with Gasteiger partial charge in [0.05, 0.1) is 10.0 Å². The second-order valence-corrected chi connectivity index (χ2v) is 4.99. The Morgan fingerprint density at radius 3 is 2.47 bits per heavy atom. The Morgan fingerprint density at radius 1 is 1.40 bits per heavy atom. The minimum atomic E-state index is -0.544. The third-order valence-electron chi connectivity index (χ3n) is 1.55. The molecule has 0 unspecified atom stereocenters. The van der Waals surface area contributed by atoms with Crippen LogP contribution in [-0.4, -0.2) is 11.6 Å². The van der Waals surface area contributed by atoms with Gasteiger partial charge in [0.15, 0.2) is 0 Å². The first-order chi connectivity index (χ1) is 6.79. The minimum absolute atomic E-state index is 0.255. The molecule has 0 fully saturated rings. The van der Waals surface area contributed by atoms with Gasteiger partial charge in [-0.05, 0) is 54.9 Å². The molecule has 15 heavy (non-hydrogen) atoms. The standard InChI is InChI=1S/C11H12BrFO2/c1-11(2,3)15-10(14)7-4-5-9(13)8(12)6-7/h4-6H,1-3H3. The molecule has 0 aliphatic carbocycles. The van der Waals surface area contributed by atoms with Crippen molar-refractivity contribution in [3.8, 4) is 0 Å². The zero-order chi connectivity index (χ0) is 11.6. The second-order valence-electron chi connectivity index (χ2n) is 4.13. The first-order valence-corrected chi connectivity index (χ1v) is 5.27. The lowest BCUT2D eigenvalue weighted by molar-refractivity contribution is 0.00694. The maximum atomic E-state index is 12.9. The van der Waals surface area contributed by atoms with E-state index in [2.05, 4.69) is 15.9 Å². The number of rotatable bonds is 1. The van der Waals surface area contributed by atoms with Crippen molar-refractivity contribution in [3.63, 3.8) is 0 Å². The molecule has 0 atom stereocenters. The molecular weight excluding hydrogens is 263 g/mol. The van der Waals surface area contributed by atoms with Crippen molar-refractivity contribution in [2.45, 2.75) is 26.4 Å². The van der Waals surface area contributed by atoms with Crippen molar-refractivity contribution in [2.75, 3.05) is 0 Å². The molecule has 1 rings (SSSR count). The van der Waals surface area contributed by atoms with Gasteiger partial charge in [0, 0.05) is 0 Å². The summed E-state index contributed by atoms with van der Waals surface area (Å²) in [6.45, 7) is 5.34. The van der Waals surface area contributed by atoms with Crippen LogP contribution in [0.3, 0.4) is 0 Å². The molecule has 0 heterocycles. The van der Waals surface area contributed by atoms with Crippen molar-refractivity contribution in [1.82, 2.24) is 0 Å². The number of halogens is 2. The Labute approximate surface area is 96.6 Å². The molecule has 0 bridgehead atoms. The molecular formula is C11H12BrFO2. The highest BCUT2D eigenvalue weighted by Crippen LogP contribution is 2.19. The Hall–Kier alpha value is -0.900. The molecule has 0 N–H and O–H groups in total. The van der Waals surface area contributed by atoms with Crippen molar-refractivity contribution < 1.29 is 13.9 Å². The van der Waals surface area contributed by atoms with Crippen LogP contribution in [0.2, 0.25) is 0 Å². The Kier molecular flexibility index (Phi) is 3.50. The number of benzene rings is 1. The van der Waals surface area contributed by atoms with E-state index in [1.807, 2.05) is 0 Å². The highest BCUT2D eigenvalue weighted by atomic mass is 79.9. The van der Waals surface area contributed by atoms with E-state index in [-0.39, 0.29) is 4.47 Å². The molecule has 1 aromatic rings. The van der Waals surface area contributed by atoms with Crippen LogP contribution in [0.25, 0.3) is 0 Å². The summed E-state index contributed by atoms with van der Waals surface area (Å²) in [6.07, 6.45) is 0. The largest absolute Gasteiger partial charge is 0.456 e. The molecule has 0 aliphatic rings. The first-order valence-electron chi connectivity index (χ1n) is 4.48. The zero-order valence-electron chi connectivity index (χ0n) is 8.80. The average Bonchev–Trinajstić information content (AvgIpc) is 2.06. The Balaban J connectivity index is 2.88. The van der Waals surface area contributed by atoms with Crippen molar-refractivity contribution in [1.29, 1.82) is 0 Å². The van der Waals surface area contributed by atoms with E-state index in [4.69, 9.17) is 4.74 Å². The van der Waals surface area contributed by atoms with Crippen LogP contribution >= 0.6 is 15.9 Å². The van der Waals surface area contributed by atoms with Crippen LogP contribution < -0.4 is 0 Å². The first kappa shape index (κ1) is 12.2. The van der Waals surface area contributed by atoms with Gasteiger partial charge >= 0.3 is 5.97 Å².